The number of nitrogens with zero attached hydrogens (tertiary/aromatic N) is 1. The Labute approximate surface area is 199 Å². The third-order valence-corrected chi connectivity index (χ3v) is 6.44. The van der Waals surface area contributed by atoms with Crippen molar-refractivity contribution in [2.45, 2.75) is 45.1 Å². The van der Waals surface area contributed by atoms with Crippen molar-refractivity contribution in [2.24, 2.45) is 0 Å². The molecule has 0 aromatic heterocycles. The zero-order valence-electron chi connectivity index (χ0n) is 18.9. The van der Waals surface area contributed by atoms with Gasteiger partial charge in [-0.15, -0.1) is 0 Å². The highest BCUT2D eigenvalue weighted by Gasteiger charge is 2.23. The Morgan fingerprint density at radius 3 is 2.97 bits per heavy atom. The van der Waals surface area contributed by atoms with Gasteiger partial charge in [-0.2, -0.15) is 0 Å². The fourth-order valence-corrected chi connectivity index (χ4v) is 4.65. The average molecular weight is 468 g/mol. The van der Waals surface area contributed by atoms with E-state index in [1.807, 2.05) is 12.1 Å². The smallest absolute Gasteiger partial charge is 0.291 e. The van der Waals surface area contributed by atoms with Gasteiger partial charge in [-0.3, -0.25) is 9.59 Å². The Bertz CT molecular complexity index is 1050. The topological polar surface area (TPSA) is 70.7 Å². The largest absolute Gasteiger partial charge is 0.449 e. The zero-order valence-corrected chi connectivity index (χ0v) is 19.7. The van der Waals surface area contributed by atoms with Gasteiger partial charge in [-0.05, 0) is 74.2 Å². The minimum absolute atomic E-state index is 0.155. The molecule has 1 saturated heterocycles. The highest BCUT2D eigenvalue weighted by molar-refractivity contribution is 6.30. The van der Waals surface area contributed by atoms with Crippen LogP contribution in [0.3, 0.4) is 0 Å². The van der Waals surface area contributed by atoms with E-state index in [0.717, 1.165) is 25.1 Å². The van der Waals surface area contributed by atoms with E-state index in [0.29, 0.717) is 34.6 Å². The second kappa shape index (κ2) is 10.9. The molecule has 2 aromatic rings. The van der Waals surface area contributed by atoms with Crippen LogP contribution in [0, 0.1) is 0 Å². The van der Waals surface area contributed by atoms with Gasteiger partial charge in [-0.1, -0.05) is 37.1 Å². The lowest BCUT2D eigenvalue weighted by Gasteiger charge is -2.35. The summed E-state index contributed by atoms with van der Waals surface area (Å²) in [5.41, 5.74) is 1.74. The lowest BCUT2D eigenvalue weighted by Crippen LogP contribution is -2.40. The number of ether oxygens (including phenoxy) is 1. The fraction of sp³-hybridized carbons (Fsp3) is 0.385. The molecule has 0 spiro atoms. The van der Waals surface area contributed by atoms with Crippen molar-refractivity contribution >= 4 is 35.2 Å². The van der Waals surface area contributed by atoms with Crippen molar-refractivity contribution in [3.05, 3.63) is 64.4 Å². The maximum Gasteiger partial charge on any atom is 0.291 e. The Morgan fingerprint density at radius 1 is 1.27 bits per heavy atom. The second-order valence-corrected chi connectivity index (χ2v) is 8.97. The zero-order chi connectivity index (χ0) is 23.2. The van der Waals surface area contributed by atoms with E-state index in [4.69, 9.17) is 16.3 Å². The van der Waals surface area contributed by atoms with E-state index in [-0.39, 0.29) is 17.6 Å². The molecule has 7 heteroatoms. The Kier molecular flexibility index (Phi) is 7.68. The summed E-state index contributed by atoms with van der Waals surface area (Å²) in [6.45, 7) is 5.04. The van der Waals surface area contributed by atoms with Gasteiger partial charge in [-0.25, -0.2) is 0 Å². The van der Waals surface area contributed by atoms with Gasteiger partial charge < -0.3 is 20.3 Å². The lowest BCUT2D eigenvalue weighted by molar-refractivity contribution is -0.115. The number of nitrogens with one attached hydrogen (secondary N) is 2. The number of anilines is 1. The summed E-state index contributed by atoms with van der Waals surface area (Å²) in [5, 5.41) is 6.38. The number of amides is 2. The van der Waals surface area contributed by atoms with E-state index in [2.05, 4.69) is 22.5 Å². The van der Waals surface area contributed by atoms with Crippen LogP contribution in [-0.2, 0) is 4.79 Å². The first-order valence-corrected chi connectivity index (χ1v) is 12.0. The molecule has 1 atom stereocenters. The molecule has 2 N–H and O–H groups in total. The highest BCUT2D eigenvalue weighted by atomic mass is 35.5. The van der Waals surface area contributed by atoms with Crippen molar-refractivity contribution < 1.29 is 14.3 Å². The van der Waals surface area contributed by atoms with E-state index >= 15 is 0 Å². The molecule has 2 aromatic carbocycles. The number of piperidine rings is 1. The van der Waals surface area contributed by atoms with Gasteiger partial charge in [0.25, 0.3) is 11.8 Å². The Morgan fingerprint density at radius 2 is 2.15 bits per heavy atom. The number of hydrogen-bond donors (Lipinski definition) is 2. The molecule has 6 nitrogen and oxygen atoms in total. The van der Waals surface area contributed by atoms with Crippen LogP contribution in [0.1, 0.15) is 54.9 Å². The molecule has 0 saturated carbocycles. The monoisotopic (exact) mass is 467 g/mol. The van der Waals surface area contributed by atoms with E-state index in [9.17, 15) is 9.59 Å². The molecule has 0 aliphatic carbocycles. The van der Waals surface area contributed by atoms with Gasteiger partial charge in [0, 0.05) is 29.7 Å². The van der Waals surface area contributed by atoms with Crippen LogP contribution in [0.15, 0.2) is 48.2 Å². The molecule has 2 heterocycles. The lowest BCUT2D eigenvalue weighted by atomic mass is 10.00. The molecular weight excluding hydrogens is 438 g/mol. The van der Waals surface area contributed by atoms with Gasteiger partial charge in [0.15, 0.2) is 11.5 Å². The fourth-order valence-electron chi connectivity index (χ4n) is 4.45. The quantitative estimate of drug-likeness (QED) is 0.439. The summed E-state index contributed by atoms with van der Waals surface area (Å²) in [6.07, 6.45) is 7.61. The van der Waals surface area contributed by atoms with E-state index < -0.39 is 0 Å². The first-order chi connectivity index (χ1) is 16.0. The number of fused-ring (bicyclic) bond motifs is 1. The number of carbonyl (C=O) groups excluding carboxylic acids is 2. The minimum atomic E-state index is -0.368. The number of halogens is 1. The molecule has 1 unspecified atom stereocenters. The van der Waals surface area contributed by atoms with Crippen molar-refractivity contribution in [1.82, 2.24) is 10.2 Å². The number of rotatable bonds is 7. The normalized spacial score (nSPS) is 19.5. The van der Waals surface area contributed by atoms with Crippen LogP contribution in [0.4, 0.5) is 5.69 Å². The molecule has 2 aliphatic rings. The number of carbonyl (C=O) groups is 2. The molecule has 0 radical (unpaired) electrons. The maximum absolute atomic E-state index is 12.6. The second-order valence-electron chi connectivity index (χ2n) is 8.53. The third-order valence-electron chi connectivity index (χ3n) is 6.21. The van der Waals surface area contributed by atoms with E-state index in [1.165, 1.54) is 25.7 Å². The van der Waals surface area contributed by atoms with Gasteiger partial charge in [0.1, 0.15) is 0 Å². The van der Waals surface area contributed by atoms with Gasteiger partial charge in [0.2, 0.25) is 0 Å². The summed E-state index contributed by atoms with van der Waals surface area (Å²) in [4.78, 5) is 27.7. The minimum Gasteiger partial charge on any atom is -0.449 e. The van der Waals surface area contributed by atoms with Crippen LogP contribution in [0.5, 0.6) is 5.75 Å². The molecule has 0 bridgehead atoms. The average Bonchev–Trinajstić information content (AvgIpc) is 2.82. The first-order valence-electron chi connectivity index (χ1n) is 11.7. The third kappa shape index (κ3) is 5.95. The summed E-state index contributed by atoms with van der Waals surface area (Å²) in [5.74, 6) is 0.144. The number of benzene rings is 2. The van der Waals surface area contributed by atoms with Crippen molar-refractivity contribution in [3.8, 4) is 5.75 Å². The highest BCUT2D eigenvalue weighted by Crippen LogP contribution is 2.32. The summed E-state index contributed by atoms with van der Waals surface area (Å²) in [6, 6.07) is 12.9. The first kappa shape index (κ1) is 23.3. The van der Waals surface area contributed by atoms with Crippen LogP contribution < -0.4 is 15.4 Å². The number of likely N-dealkylation sites (tertiary alicyclic amines) is 1. The molecule has 2 amide bonds. The number of hydrogen-bond acceptors (Lipinski definition) is 4. The maximum atomic E-state index is 12.6. The molecule has 33 heavy (non-hydrogen) atoms. The summed E-state index contributed by atoms with van der Waals surface area (Å²) >= 11 is 6.01. The van der Waals surface area contributed by atoms with Crippen molar-refractivity contribution in [2.75, 3.05) is 25.0 Å². The molecule has 2 aliphatic heterocycles. The van der Waals surface area contributed by atoms with Gasteiger partial charge in [0.05, 0.1) is 5.69 Å². The Hall–Kier alpha value is -2.83. The molecular formula is C26H30ClN3O3. The van der Waals surface area contributed by atoms with Crippen molar-refractivity contribution in [3.63, 3.8) is 0 Å². The standard InChI is InChI=1S/C26H30ClN3O3/c1-2-21-9-3-4-13-30(21)14-6-12-28-25(31)19-10-11-23-22(17-19)29-26(32)24(33-23)16-18-7-5-8-20(27)15-18/h5,7-8,10-11,15-17,21H,2-4,6,9,12-14H2,1H3,(H,28,31)(H,29,32)/b24-16-. The van der Waals surface area contributed by atoms with Crippen LogP contribution in [-0.4, -0.2) is 42.4 Å². The van der Waals surface area contributed by atoms with Crippen LogP contribution in [0.2, 0.25) is 5.02 Å². The predicted octanol–water partition coefficient (Wildman–Crippen LogP) is 5.10. The summed E-state index contributed by atoms with van der Waals surface area (Å²) < 4.78 is 5.78. The van der Waals surface area contributed by atoms with Crippen molar-refractivity contribution in [1.29, 1.82) is 0 Å². The van der Waals surface area contributed by atoms with E-state index in [1.54, 1.807) is 36.4 Å². The predicted molar refractivity (Wildman–Crippen MR) is 132 cm³/mol. The SMILES string of the molecule is CCC1CCCCN1CCCNC(=O)c1ccc2c(c1)NC(=O)/C(=C/c1cccc(Cl)c1)O2. The van der Waals surface area contributed by atoms with Crippen LogP contribution in [0.25, 0.3) is 6.08 Å². The molecule has 174 valence electrons. The molecule has 1 fully saturated rings. The Balaban J connectivity index is 1.33. The molecule has 4 rings (SSSR count). The van der Waals surface area contributed by atoms with Gasteiger partial charge >= 0.3 is 0 Å². The summed E-state index contributed by atoms with van der Waals surface area (Å²) in [7, 11) is 0. The van der Waals surface area contributed by atoms with Crippen LogP contribution >= 0.6 is 11.6 Å².